The molecular formula is C102H132N14O17S3. The maximum absolute atomic E-state index is 17.3. The number of methoxy groups -OCH3 is 1. The molecule has 31 nitrogen and oxygen atoms in total. The van der Waals surface area contributed by atoms with Crippen LogP contribution in [0, 0.1) is 41.4 Å². The van der Waals surface area contributed by atoms with E-state index < -0.39 is 191 Å². The number of aliphatic hydroxyl groups excluding tert-OH is 3. The van der Waals surface area contributed by atoms with Gasteiger partial charge >= 0.3 is 12.1 Å². The van der Waals surface area contributed by atoms with Crippen molar-refractivity contribution in [2.24, 2.45) is 40.4 Å². The molecule has 8 aromatic rings. The van der Waals surface area contributed by atoms with Crippen LogP contribution in [0.15, 0.2) is 199 Å². The van der Waals surface area contributed by atoms with Crippen LogP contribution in [0.2, 0.25) is 0 Å². The zero-order chi connectivity index (χ0) is 98.5. The highest BCUT2D eigenvalue weighted by Crippen LogP contribution is 2.56. The summed E-state index contributed by atoms with van der Waals surface area (Å²) in [7, 11) is 1.17. The Morgan fingerprint density at radius 1 is 0.640 bits per heavy atom. The molecule has 2 aromatic heterocycles. The van der Waals surface area contributed by atoms with E-state index in [0.717, 1.165) is 27.6 Å². The van der Waals surface area contributed by atoms with Crippen LogP contribution in [0.5, 0.6) is 11.5 Å². The average Bonchev–Trinajstić information content (AvgIpc) is 1.17. The number of carbonyl (C=O) groups excluding carboxylic acids is 10. The van der Waals surface area contributed by atoms with Crippen molar-refractivity contribution >= 4 is 105 Å². The number of phenolic OH excluding ortho intramolecular Hbond substituents is 1. The van der Waals surface area contributed by atoms with Crippen molar-refractivity contribution in [1.82, 2.24) is 67.4 Å². The molecule has 3 fully saturated rings. The second-order valence-corrected chi connectivity index (χ2v) is 42.2. The number of benzene rings is 6. The Morgan fingerprint density at radius 3 is 1.89 bits per heavy atom. The van der Waals surface area contributed by atoms with E-state index in [1.54, 1.807) is 178 Å². The lowest BCUT2D eigenvalue weighted by Gasteiger charge is -2.59. The fourth-order valence-electron chi connectivity index (χ4n) is 18.6. The Morgan fingerprint density at radius 2 is 1.26 bits per heavy atom. The predicted molar refractivity (Wildman–Crippen MR) is 526 cm³/mol. The topological polar surface area (TPSA) is 437 Å². The Balaban J connectivity index is 1.09. The van der Waals surface area contributed by atoms with Crippen molar-refractivity contribution in [2.75, 3.05) is 50.3 Å². The zero-order valence-corrected chi connectivity index (χ0v) is 82.2. The fraction of sp³-hybridized carbons (Fsp3) is 0.471. The molecule has 11 rings (SSSR count). The number of nitrogens with zero attached hydrogens (tertiary/aromatic N) is 5. The molecule has 1 aliphatic carbocycles. The van der Waals surface area contributed by atoms with Gasteiger partial charge in [-0.3, -0.25) is 58.6 Å². The maximum atomic E-state index is 17.3. The van der Waals surface area contributed by atoms with Gasteiger partial charge in [0.2, 0.25) is 23.6 Å². The summed E-state index contributed by atoms with van der Waals surface area (Å²) < 4.78 is 11.1. The summed E-state index contributed by atoms with van der Waals surface area (Å²) in [5.41, 5.74) is 1.68. The molecule has 730 valence electrons. The number of carbonyl (C=O) groups is 10. The minimum absolute atomic E-state index is 0.00247. The van der Waals surface area contributed by atoms with Crippen molar-refractivity contribution in [3.8, 4) is 22.8 Å². The Bertz CT molecular complexity index is 5380. The van der Waals surface area contributed by atoms with E-state index in [9.17, 15) is 34.8 Å². The molecule has 34 heteroatoms. The summed E-state index contributed by atoms with van der Waals surface area (Å²) in [6.07, 6.45) is 2.25. The lowest BCUT2D eigenvalue weighted by atomic mass is 9.58. The van der Waals surface area contributed by atoms with Gasteiger partial charge in [0.25, 0.3) is 23.6 Å². The van der Waals surface area contributed by atoms with E-state index in [1.807, 2.05) is 98.5 Å². The van der Waals surface area contributed by atoms with Crippen molar-refractivity contribution in [2.45, 2.75) is 223 Å². The number of thioether (sulfide) groups is 3. The highest BCUT2D eigenvalue weighted by Gasteiger charge is 2.63. The van der Waals surface area contributed by atoms with E-state index in [4.69, 9.17) is 20.2 Å². The lowest BCUT2D eigenvalue weighted by Crippen LogP contribution is -2.70. The number of piperidine rings is 1. The Labute approximate surface area is 808 Å². The second-order valence-electron chi connectivity index (χ2n) is 39.1. The smallest absolute Gasteiger partial charge is 0.407 e. The maximum Gasteiger partial charge on any atom is 0.407 e. The van der Waals surface area contributed by atoms with Gasteiger partial charge in [-0.25, -0.2) is 14.6 Å². The highest BCUT2D eigenvalue weighted by atomic mass is 32.2. The van der Waals surface area contributed by atoms with Crippen LogP contribution in [0.3, 0.4) is 0 Å². The molecular weight excluding hydrogens is 1790 g/mol. The molecule has 16 atom stereocenters. The van der Waals surface area contributed by atoms with Crippen LogP contribution in [-0.2, 0) is 67.3 Å². The summed E-state index contributed by atoms with van der Waals surface area (Å²) in [6, 6.07) is 40.7. The number of hydrazine groups is 1. The molecule has 4 heterocycles. The van der Waals surface area contributed by atoms with Crippen molar-refractivity contribution in [3.63, 3.8) is 0 Å². The number of ether oxygens (including phenoxy) is 2. The zero-order valence-electron chi connectivity index (χ0n) is 79.7. The van der Waals surface area contributed by atoms with E-state index in [-0.39, 0.29) is 65.9 Å². The van der Waals surface area contributed by atoms with Gasteiger partial charge in [0.05, 0.1) is 54.6 Å². The van der Waals surface area contributed by atoms with E-state index in [2.05, 4.69) is 52.6 Å². The Kier molecular flexibility index (Phi) is 36.9. The first-order valence-corrected chi connectivity index (χ1v) is 49.5. The van der Waals surface area contributed by atoms with Crippen LogP contribution < -0.4 is 53.3 Å². The van der Waals surface area contributed by atoms with Gasteiger partial charge in [-0.2, -0.15) is 17.7 Å². The number of rotatable bonds is 40. The number of likely N-dealkylation sites (tertiary alicyclic amines) is 1. The molecule has 14 N–H and O–H groups in total. The second kappa shape index (κ2) is 47.7. The molecule has 6 aromatic carbocycles. The molecule has 2 aliphatic heterocycles. The number of aliphatic hydroxyl groups is 3. The predicted octanol–water partition coefficient (Wildman–Crippen LogP) is 9.99. The van der Waals surface area contributed by atoms with Crippen molar-refractivity contribution in [3.05, 3.63) is 222 Å². The van der Waals surface area contributed by atoms with Crippen LogP contribution >= 0.6 is 35.3 Å². The average molecular weight is 1920 g/mol. The number of pyridine rings is 2. The van der Waals surface area contributed by atoms with Crippen LogP contribution in [0.25, 0.3) is 22.0 Å². The third-order valence-corrected chi connectivity index (χ3v) is 28.4. The first-order chi connectivity index (χ1) is 64.6. The van der Waals surface area contributed by atoms with Crippen molar-refractivity contribution in [1.29, 1.82) is 0 Å². The third-order valence-electron chi connectivity index (χ3n) is 25.3. The molecule has 1 saturated carbocycles. The summed E-state index contributed by atoms with van der Waals surface area (Å²) in [5.74, 6) is -5.74. The number of fused-ring (bicyclic) bond motifs is 2. The van der Waals surface area contributed by atoms with Gasteiger partial charge in [0.15, 0.2) is 12.7 Å². The number of aromatic hydroxyl groups is 1. The van der Waals surface area contributed by atoms with Gasteiger partial charge < -0.3 is 76.9 Å². The minimum Gasteiger partial charge on any atom is -0.508 e. The lowest BCUT2D eigenvalue weighted by molar-refractivity contribution is -0.170. The Hall–Kier alpha value is -11.2. The normalized spacial score (nSPS) is 19.2. The number of amides is 9. The first kappa shape index (κ1) is 105. The number of nitrogens with one attached hydrogen (secondary N) is 8. The molecule has 0 bridgehead atoms. The molecule has 2 saturated heterocycles. The largest absolute Gasteiger partial charge is 0.508 e. The summed E-state index contributed by atoms with van der Waals surface area (Å²) >= 11 is 3.68. The molecule has 9 amide bonds. The third kappa shape index (κ3) is 28.1. The number of alkyl carbamates (subject to hydrolysis) is 1. The highest BCUT2D eigenvalue weighted by molar-refractivity contribution is 8.00. The molecule has 0 spiro atoms. The molecule has 7 unspecified atom stereocenters. The minimum atomic E-state index is -2.28. The molecule has 3 aliphatic rings. The van der Waals surface area contributed by atoms with Crippen molar-refractivity contribution < 1.29 is 82.7 Å². The van der Waals surface area contributed by atoms with E-state index in [0.29, 0.717) is 59.2 Å². The summed E-state index contributed by atoms with van der Waals surface area (Å²) in [4.78, 5) is 173. The van der Waals surface area contributed by atoms with Crippen LogP contribution in [0.1, 0.15) is 141 Å². The number of hydrogen-bond acceptors (Lipinski definition) is 25. The van der Waals surface area contributed by atoms with Crippen LogP contribution in [0.4, 0.5) is 4.79 Å². The number of hydrogen-bond donors (Lipinski definition) is 13. The fourth-order valence-corrected chi connectivity index (χ4v) is 22.0. The number of nitrogens with two attached hydrogens (primary N) is 1. The summed E-state index contributed by atoms with van der Waals surface area (Å²) in [6.45, 7) is 19.3. The van der Waals surface area contributed by atoms with Gasteiger partial charge in [-0.15, -0.1) is 23.5 Å². The SMILES string of the molecule is COC(=O)NC(C(=O)NN(Cc1ccc(-c2ccccn2)cc1)CC(O)C(Cc1ccccc1)NC(=O)C(C(=O)ON)C(C)(C)C(C1[C@H]2CCCC[C@H]2C[C@@H](C(=O)NC(C)(C)C)N1C[C@@H](O)[C@H](CSc1ccccc1)NC(=O)c1cccc(O)c1C)C1SC[C@@H](C(=O)NC(C)(C)C)N1C(=O)[C@@H](O)[C@H](Cc1ccccc1)NC(=O)[C@H](CSC)NC(=O)COc1cccc2cnccc12)C(C)(C)C. The van der Waals surface area contributed by atoms with Gasteiger partial charge in [-0.1, -0.05) is 181 Å². The van der Waals surface area contributed by atoms with Gasteiger partial charge in [0, 0.05) is 111 Å². The first-order valence-electron chi connectivity index (χ1n) is 46.0. The van der Waals surface area contributed by atoms with Crippen LogP contribution in [-0.4, -0.2) is 238 Å². The van der Waals surface area contributed by atoms with Gasteiger partial charge in [0.1, 0.15) is 35.5 Å². The molecule has 0 radical (unpaired) electrons. The monoisotopic (exact) mass is 1920 g/mol. The quantitative estimate of drug-likeness (QED) is 0.00964. The number of β-amino-alcohol motifs (C(OH)–C–C–N with tert-alkyl or cyclic N) is 1. The van der Waals surface area contributed by atoms with E-state index >= 15 is 33.6 Å². The molecule has 136 heavy (non-hydrogen) atoms. The standard InChI is InChI=1S/C102H132N14O17S3/c1-61-69(39-29-41-79(61)117)89(122)109-75(59-135-68-36-22-17-23-37-68)81(119)56-115-77(91(124)111-100(5,6)7)52-66-34-24-25-38-71(66)86(115)84(96-116(78(60-136-96)92(125)112-101(8,9)10)95(128)87(121)74(51-63-32-20-16-21-33-63)108-90(123)76(58-134-14)106-83(120)57-132-82-42-28-35-67-53-104-49-47-70(67)82)102(11,12)85(97(129)133-103)93(126)107-73(50-62-30-18-15-19-31-62)80(118)55-114(113-94(127)88(99(2,3)4)110-98(130)131-13)54-64-43-45-65(46-44-64)72-40-26-27-48-105-72/h15-23,26-33,35-37,39-49,53,66,71,73-78,80-81,84-88,96,117-119,121H,24-25,34,38,50-52,54-60,103H2,1-14H3,(H,106,120)(H,107,126)(H,108,123)(H,109,122)(H,110,130)(H,111,124)(H,112,125)(H,113,127)/t66-,71-,73?,74-,75-,76-,77-,78-,80?,81+,84?,85?,86?,87-,88?,96?/m0/s1. The summed E-state index contributed by atoms with van der Waals surface area (Å²) in [5, 5.41) is 74.4. The number of phenols is 1. The number of aromatic nitrogens is 2. The van der Waals surface area contributed by atoms with E-state index in [1.165, 1.54) is 52.7 Å². The van der Waals surface area contributed by atoms with Gasteiger partial charge in [-0.05, 0) is 168 Å².